The van der Waals surface area contributed by atoms with E-state index in [1.807, 2.05) is 0 Å². The smallest absolute Gasteiger partial charge is 0.483 e. The molecular formula is C13H4ClF9N2O3. The van der Waals surface area contributed by atoms with Gasteiger partial charge in [0.05, 0.1) is 16.1 Å². The molecule has 1 rings (SSSR count). The van der Waals surface area contributed by atoms with Gasteiger partial charge in [0, 0.05) is 6.07 Å². The van der Waals surface area contributed by atoms with Crippen LogP contribution in [-0.2, 0) is 9.47 Å². The van der Waals surface area contributed by atoms with Crippen LogP contribution in [0.2, 0.25) is 5.02 Å². The average molecular weight is 443 g/mol. The number of nitrogens with zero attached hydrogens (tertiary/aromatic N) is 2. The van der Waals surface area contributed by atoms with E-state index in [1.165, 1.54) is 12.1 Å². The number of halogens is 10. The highest BCUT2D eigenvalue weighted by molar-refractivity contribution is 6.32. The first-order chi connectivity index (χ1) is 12.5. The largest absolute Gasteiger partial charge is 0.527 e. The molecule has 0 atom stereocenters. The maximum Gasteiger partial charge on any atom is 0.527 e. The fourth-order valence-corrected chi connectivity index (χ4v) is 1.71. The van der Waals surface area contributed by atoms with Crippen molar-refractivity contribution in [2.24, 2.45) is 0 Å². The predicted octanol–water partition coefficient (Wildman–Crippen LogP) is 4.79. The third-order valence-corrected chi connectivity index (χ3v) is 2.86. The van der Waals surface area contributed by atoms with Crippen LogP contribution in [0.1, 0.15) is 11.1 Å². The van der Waals surface area contributed by atoms with Crippen molar-refractivity contribution in [1.29, 1.82) is 10.5 Å². The average Bonchev–Trinajstić information content (AvgIpc) is 2.49. The standard InChI is InChI=1S/C13H4ClF9N2O3/c14-8-1-6(3-24)7(4-25)2-9(8)26-5-10(15,16)27-11(17,18)12(19,20)28-13(21,22)23/h1-2H,5H2. The van der Waals surface area contributed by atoms with E-state index in [0.29, 0.717) is 6.07 Å². The maximum atomic E-state index is 13.4. The van der Waals surface area contributed by atoms with Gasteiger partial charge in [0.25, 0.3) is 0 Å². The number of hydrogen-bond acceptors (Lipinski definition) is 5. The van der Waals surface area contributed by atoms with Gasteiger partial charge >= 0.3 is 24.7 Å². The van der Waals surface area contributed by atoms with E-state index < -0.39 is 47.6 Å². The van der Waals surface area contributed by atoms with Crippen molar-refractivity contribution >= 4 is 11.6 Å². The van der Waals surface area contributed by atoms with Crippen LogP contribution in [-0.4, -0.2) is 31.3 Å². The minimum atomic E-state index is -6.49. The second-order valence-electron chi connectivity index (χ2n) is 4.66. The molecule has 0 aliphatic heterocycles. The van der Waals surface area contributed by atoms with Crippen molar-refractivity contribution in [1.82, 2.24) is 0 Å². The van der Waals surface area contributed by atoms with Crippen LogP contribution in [0.15, 0.2) is 12.1 Å². The van der Waals surface area contributed by atoms with Crippen LogP contribution in [0.5, 0.6) is 5.75 Å². The van der Waals surface area contributed by atoms with Crippen LogP contribution in [0.4, 0.5) is 39.5 Å². The maximum absolute atomic E-state index is 13.4. The van der Waals surface area contributed by atoms with Crippen LogP contribution < -0.4 is 4.74 Å². The highest BCUT2D eigenvalue weighted by Crippen LogP contribution is 2.43. The molecule has 0 saturated heterocycles. The Morgan fingerprint density at radius 3 is 1.75 bits per heavy atom. The van der Waals surface area contributed by atoms with Crippen LogP contribution in [0, 0.1) is 22.7 Å². The van der Waals surface area contributed by atoms with Gasteiger partial charge in [-0.05, 0) is 6.07 Å². The molecule has 0 saturated carbocycles. The molecule has 0 spiro atoms. The van der Waals surface area contributed by atoms with Crippen LogP contribution in [0.3, 0.4) is 0 Å². The summed E-state index contributed by atoms with van der Waals surface area (Å²) in [5.74, 6) is -0.748. The van der Waals surface area contributed by atoms with E-state index in [9.17, 15) is 39.5 Å². The molecule has 0 radical (unpaired) electrons. The van der Waals surface area contributed by atoms with Crippen molar-refractivity contribution < 1.29 is 53.7 Å². The normalized spacial score (nSPS) is 13.0. The summed E-state index contributed by atoms with van der Waals surface area (Å²) >= 11 is 5.56. The molecule has 0 aliphatic rings. The van der Waals surface area contributed by atoms with Gasteiger partial charge in [-0.25, -0.2) is 9.47 Å². The van der Waals surface area contributed by atoms with Crippen molar-refractivity contribution in [3.05, 3.63) is 28.3 Å². The number of alkyl halides is 9. The van der Waals surface area contributed by atoms with E-state index in [1.54, 1.807) is 4.74 Å². The Kier molecular flexibility index (Phi) is 6.67. The lowest BCUT2D eigenvalue weighted by molar-refractivity contribution is -0.529. The summed E-state index contributed by atoms with van der Waals surface area (Å²) in [6, 6.07) is 4.46. The Bertz CT molecular complexity index is 815. The minimum Gasteiger partial charge on any atom is -0.483 e. The van der Waals surface area contributed by atoms with E-state index >= 15 is 0 Å². The zero-order valence-electron chi connectivity index (χ0n) is 12.8. The molecule has 0 fully saturated rings. The fraction of sp³-hybridized carbons (Fsp3) is 0.385. The highest BCUT2D eigenvalue weighted by atomic mass is 35.5. The quantitative estimate of drug-likeness (QED) is 0.567. The van der Waals surface area contributed by atoms with E-state index in [0.717, 1.165) is 6.07 Å². The number of nitriles is 2. The van der Waals surface area contributed by atoms with Gasteiger partial charge in [-0.15, -0.1) is 13.2 Å². The van der Waals surface area contributed by atoms with Crippen molar-refractivity contribution in [3.8, 4) is 17.9 Å². The summed E-state index contributed by atoms with van der Waals surface area (Å²) in [5.41, 5.74) is -0.708. The first-order valence-corrected chi connectivity index (χ1v) is 6.78. The van der Waals surface area contributed by atoms with Gasteiger partial charge in [-0.2, -0.15) is 36.9 Å². The Balaban J connectivity index is 2.96. The fourth-order valence-electron chi connectivity index (χ4n) is 1.49. The van der Waals surface area contributed by atoms with Gasteiger partial charge in [0.1, 0.15) is 17.9 Å². The molecule has 15 heteroatoms. The summed E-state index contributed by atoms with van der Waals surface area (Å²) in [4.78, 5) is 0. The Hall–Kier alpha value is -2.42. The first-order valence-electron chi connectivity index (χ1n) is 6.40. The molecule has 0 bridgehead atoms. The second kappa shape index (κ2) is 7.90. The van der Waals surface area contributed by atoms with Crippen molar-refractivity contribution in [2.45, 2.75) is 24.7 Å². The first kappa shape index (κ1) is 23.6. The molecular weight excluding hydrogens is 439 g/mol. The Morgan fingerprint density at radius 2 is 1.29 bits per heavy atom. The molecule has 1 aromatic rings. The topological polar surface area (TPSA) is 75.3 Å². The molecule has 0 amide bonds. The van der Waals surface area contributed by atoms with Gasteiger partial charge in [0.2, 0.25) is 0 Å². The molecule has 28 heavy (non-hydrogen) atoms. The molecule has 0 aromatic heterocycles. The van der Waals surface area contributed by atoms with E-state index in [-0.39, 0.29) is 5.56 Å². The number of hydrogen-bond donors (Lipinski definition) is 0. The monoisotopic (exact) mass is 442 g/mol. The molecule has 0 aliphatic carbocycles. The second-order valence-corrected chi connectivity index (χ2v) is 5.07. The SMILES string of the molecule is N#Cc1cc(Cl)c(OCC(F)(F)OC(F)(F)C(F)(F)OC(F)(F)F)cc1C#N. The molecule has 0 heterocycles. The summed E-state index contributed by atoms with van der Waals surface area (Å²) in [5, 5.41) is 17.0. The lowest BCUT2D eigenvalue weighted by Crippen LogP contribution is -2.52. The van der Waals surface area contributed by atoms with Crippen LogP contribution >= 0.6 is 11.6 Å². The summed E-state index contributed by atoms with van der Waals surface area (Å²) in [6.45, 7) is -2.22. The molecule has 0 N–H and O–H groups in total. The lowest BCUT2D eigenvalue weighted by atomic mass is 10.1. The highest BCUT2D eigenvalue weighted by Gasteiger charge is 2.68. The zero-order valence-corrected chi connectivity index (χ0v) is 13.5. The summed E-state index contributed by atoms with van der Waals surface area (Å²) in [6.07, 6.45) is -24.5. The number of ether oxygens (including phenoxy) is 3. The zero-order chi connectivity index (χ0) is 22.0. The molecule has 5 nitrogen and oxygen atoms in total. The number of benzene rings is 1. The van der Waals surface area contributed by atoms with Crippen LogP contribution in [0.25, 0.3) is 0 Å². The van der Waals surface area contributed by atoms with Crippen molar-refractivity contribution in [2.75, 3.05) is 6.61 Å². The van der Waals surface area contributed by atoms with Gasteiger partial charge in [-0.3, -0.25) is 0 Å². The predicted molar refractivity (Wildman–Crippen MR) is 69.4 cm³/mol. The minimum absolute atomic E-state index is 0.293. The lowest BCUT2D eigenvalue weighted by Gasteiger charge is -2.29. The summed E-state index contributed by atoms with van der Waals surface area (Å²) in [7, 11) is 0. The summed E-state index contributed by atoms with van der Waals surface area (Å²) < 4.78 is 122. The molecule has 154 valence electrons. The number of rotatable bonds is 7. The third-order valence-electron chi connectivity index (χ3n) is 2.57. The Morgan fingerprint density at radius 1 is 0.821 bits per heavy atom. The van der Waals surface area contributed by atoms with E-state index in [2.05, 4.69) is 9.47 Å². The van der Waals surface area contributed by atoms with Gasteiger partial charge in [-0.1, -0.05) is 11.6 Å². The molecule has 0 unspecified atom stereocenters. The Labute approximate surface area is 154 Å². The van der Waals surface area contributed by atoms with Gasteiger partial charge in [0.15, 0.2) is 6.61 Å². The third kappa shape index (κ3) is 6.05. The van der Waals surface area contributed by atoms with E-state index in [4.69, 9.17) is 22.1 Å². The molecule has 1 aromatic carbocycles. The van der Waals surface area contributed by atoms with Crippen molar-refractivity contribution in [3.63, 3.8) is 0 Å². The van der Waals surface area contributed by atoms with Gasteiger partial charge < -0.3 is 4.74 Å².